The molecule has 1 aromatic heterocycles. The van der Waals surface area contributed by atoms with Gasteiger partial charge < -0.3 is 0 Å². The molecular formula is C16H25NOS. The first-order chi connectivity index (χ1) is 8.97. The van der Waals surface area contributed by atoms with Crippen LogP contribution < -0.4 is 0 Å². The van der Waals surface area contributed by atoms with Crippen LogP contribution in [0, 0.1) is 19.8 Å². The van der Waals surface area contributed by atoms with Gasteiger partial charge in [-0.25, -0.2) is 0 Å². The molecule has 0 N–H and O–H groups in total. The quantitative estimate of drug-likeness (QED) is 0.775. The zero-order chi connectivity index (χ0) is 14.0. The lowest BCUT2D eigenvalue weighted by Crippen LogP contribution is -2.38. The number of likely N-dealkylation sites (N-methyl/N-ethyl adjacent to an activating group) is 1. The van der Waals surface area contributed by atoms with E-state index < -0.39 is 0 Å². The second-order valence-corrected chi connectivity index (χ2v) is 7.55. The molecule has 2 rings (SSSR count). The highest BCUT2D eigenvalue weighted by Crippen LogP contribution is 2.27. The molecule has 0 saturated heterocycles. The Morgan fingerprint density at radius 1 is 1.42 bits per heavy atom. The Labute approximate surface area is 120 Å². The molecule has 1 aliphatic rings. The number of carbonyl (C=O) groups excluding carboxylic acids is 1. The fraction of sp³-hybridized carbons (Fsp3) is 0.688. The van der Waals surface area contributed by atoms with E-state index >= 15 is 0 Å². The minimum atomic E-state index is 0.280. The van der Waals surface area contributed by atoms with Gasteiger partial charge in [0.15, 0.2) is 5.78 Å². The Morgan fingerprint density at radius 2 is 2.16 bits per heavy atom. The number of hydrogen-bond acceptors (Lipinski definition) is 3. The minimum absolute atomic E-state index is 0.280. The molecule has 2 nitrogen and oxygen atoms in total. The lowest BCUT2D eigenvalue weighted by Gasteiger charge is -2.33. The van der Waals surface area contributed by atoms with Crippen LogP contribution >= 0.6 is 11.3 Å². The number of ketones is 1. The van der Waals surface area contributed by atoms with Crippen LogP contribution in [0.5, 0.6) is 0 Å². The van der Waals surface area contributed by atoms with Crippen molar-refractivity contribution in [3.8, 4) is 0 Å². The van der Waals surface area contributed by atoms with E-state index in [9.17, 15) is 4.79 Å². The maximum atomic E-state index is 12.4. The third-order valence-corrected chi connectivity index (χ3v) is 5.23. The molecule has 1 fully saturated rings. The number of nitrogens with zero attached hydrogens (tertiary/aromatic N) is 1. The van der Waals surface area contributed by atoms with Crippen molar-refractivity contribution in [3.63, 3.8) is 0 Å². The number of carbonyl (C=O) groups is 1. The molecule has 2 atom stereocenters. The van der Waals surface area contributed by atoms with Crippen LogP contribution in [0.4, 0.5) is 0 Å². The SMILES string of the molecule is Cc1cc(C(=O)CN(C)C2CCCC(C)C2)c(C)s1. The summed E-state index contributed by atoms with van der Waals surface area (Å²) in [5, 5.41) is 0. The zero-order valence-electron chi connectivity index (χ0n) is 12.5. The second-order valence-electron chi connectivity index (χ2n) is 6.09. The molecule has 0 aromatic carbocycles. The van der Waals surface area contributed by atoms with E-state index in [1.807, 2.05) is 13.0 Å². The van der Waals surface area contributed by atoms with Gasteiger partial charge in [0.2, 0.25) is 0 Å². The Bertz CT molecular complexity index is 452. The van der Waals surface area contributed by atoms with Crippen LogP contribution in [0.25, 0.3) is 0 Å². The summed E-state index contributed by atoms with van der Waals surface area (Å²) in [7, 11) is 2.11. The molecular weight excluding hydrogens is 254 g/mol. The molecule has 0 aliphatic heterocycles. The molecule has 0 spiro atoms. The Hall–Kier alpha value is -0.670. The average Bonchev–Trinajstić information content (AvgIpc) is 2.68. The van der Waals surface area contributed by atoms with Crippen molar-refractivity contribution in [2.45, 2.75) is 52.5 Å². The molecule has 1 aromatic rings. The van der Waals surface area contributed by atoms with E-state index in [0.717, 1.165) is 16.4 Å². The molecule has 0 bridgehead atoms. The fourth-order valence-electron chi connectivity index (χ4n) is 3.15. The van der Waals surface area contributed by atoms with Gasteiger partial charge in [-0.1, -0.05) is 19.8 Å². The minimum Gasteiger partial charge on any atom is -0.296 e. The van der Waals surface area contributed by atoms with Gasteiger partial charge in [0.25, 0.3) is 0 Å². The van der Waals surface area contributed by atoms with Crippen LogP contribution in [0.3, 0.4) is 0 Å². The van der Waals surface area contributed by atoms with Crippen molar-refractivity contribution in [3.05, 3.63) is 21.4 Å². The van der Waals surface area contributed by atoms with E-state index in [4.69, 9.17) is 0 Å². The highest BCUT2D eigenvalue weighted by atomic mass is 32.1. The summed E-state index contributed by atoms with van der Waals surface area (Å²) >= 11 is 1.72. The fourth-order valence-corrected chi connectivity index (χ4v) is 4.09. The van der Waals surface area contributed by atoms with Crippen molar-refractivity contribution < 1.29 is 4.79 Å². The zero-order valence-corrected chi connectivity index (χ0v) is 13.3. The predicted molar refractivity (Wildman–Crippen MR) is 82.2 cm³/mol. The number of aryl methyl sites for hydroxylation is 2. The molecule has 19 heavy (non-hydrogen) atoms. The standard InChI is InChI=1S/C16H25NOS/c1-11-6-5-7-14(8-11)17(4)10-16(18)15-9-12(2)19-13(15)3/h9,11,14H,5-8,10H2,1-4H3. The van der Waals surface area contributed by atoms with Crippen LogP contribution in [0.1, 0.15) is 52.7 Å². The van der Waals surface area contributed by atoms with E-state index in [2.05, 4.69) is 25.8 Å². The number of thiophene rings is 1. The number of Topliss-reactive ketones (excluding diaryl/α,β-unsaturated/α-hetero) is 1. The van der Waals surface area contributed by atoms with Gasteiger partial charge in [-0.3, -0.25) is 9.69 Å². The van der Waals surface area contributed by atoms with Gasteiger partial charge in [-0.2, -0.15) is 0 Å². The summed E-state index contributed by atoms with van der Waals surface area (Å²) in [6, 6.07) is 2.63. The van der Waals surface area contributed by atoms with E-state index in [1.54, 1.807) is 11.3 Å². The summed E-state index contributed by atoms with van der Waals surface area (Å²) < 4.78 is 0. The largest absolute Gasteiger partial charge is 0.296 e. The molecule has 3 heteroatoms. The van der Waals surface area contributed by atoms with Crippen molar-refractivity contribution in [1.82, 2.24) is 4.90 Å². The summed E-state index contributed by atoms with van der Waals surface area (Å²) in [6.07, 6.45) is 5.14. The molecule has 106 valence electrons. The van der Waals surface area contributed by atoms with Crippen LogP contribution in [-0.4, -0.2) is 30.3 Å². The highest BCUT2D eigenvalue weighted by molar-refractivity contribution is 7.12. The van der Waals surface area contributed by atoms with E-state index in [1.165, 1.54) is 30.6 Å². The monoisotopic (exact) mass is 279 g/mol. The first-order valence-corrected chi connectivity index (χ1v) is 8.09. The van der Waals surface area contributed by atoms with Gasteiger partial charge in [0, 0.05) is 21.4 Å². The molecule has 2 unspecified atom stereocenters. The van der Waals surface area contributed by atoms with Crippen LogP contribution in [0.2, 0.25) is 0 Å². The van der Waals surface area contributed by atoms with E-state index in [0.29, 0.717) is 12.6 Å². The van der Waals surface area contributed by atoms with Gasteiger partial charge in [0.1, 0.15) is 0 Å². The first-order valence-electron chi connectivity index (χ1n) is 7.28. The maximum absolute atomic E-state index is 12.4. The van der Waals surface area contributed by atoms with Crippen molar-refractivity contribution in [1.29, 1.82) is 0 Å². The topological polar surface area (TPSA) is 20.3 Å². The number of rotatable bonds is 4. The molecule has 0 amide bonds. The van der Waals surface area contributed by atoms with Crippen molar-refractivity contribution >= 4 is 17.1 Å². The second kappa shape index (κ2) is 6.19. The van der Waals surface area contributed by atoms with Crippen LogP contribution in [-0.2, 0) is 0 Å². The predicted octanol–water partition coefficient (Wildman–Crippen LogP) is 4.06. The van der Waals surface area contributed by atoms with Crippen molar-refractivity contribution in [2.24, 2.45) is 5.92 Å². The number of hydrogen-bond donors (Lipinski definition) is 0. The maximum Gasteiger partial charge on any atom is 0.177 e. The summed E-state index contributed by atoms with van der Waals surface area (Å²) in [6.45, 7) is 7.01. The molecule has 1 saturated carbocycles. The van der Waals surface area contributed by atoms with Crippen LogP contribution in [0.15, 0.2) is 6.07 Å². The smallest absolute Gasteiger partial charge is 0.177 e. The Kier molecular flexibility index (Phi) is 4.80. The summed E-state index contributed by atoms with van der Waals surface area (Å²) in [5.41, 5.74) is 0.929. The molecule has 1 heterocycles. The van der Waals surface area contributed by atoms with Gasteiger partial charge in [-0.15, -0.1) is 11.3 Å². The Balaban J connectivity index is 1.96. The molecule has 1 aliphatic carbocycles. The highest BCUT2D eigenvalue weighted by Gasteiger charge is 2.24. The third kappa shape index (κ3) is 3.67. The average molecular weight is 279 g/mol. The van der Waals surface area contributed by atoms with Gasteiger partial charge in [-0.05, 0) is 45.7 Å². The third-order valence-electron chi connectivity index (χ3n) is 4.27. The van der Waals surface area contributed by atoms with Crippen molar-refractivity contribution in [2.75, 3.05) is 13.6 Å². The molecule has 0 radical (unpaired) electrons. The normalized spacial score (nSPS) is 23.8. The lowest BCUT2D eigenvalue weighted by molar-refractivity contribution is 0.0882. The summed E-state index contributed by atoms with van der Waals surface area (Å²) in [5.74, 6) is 1.09. The Morgan fingerprint density at radius 3 is 2.74 bits per heavy atom. The first kappa shape index (κ1) is 14.7. The summed E-state index contributed by atoms with van der Waals surface area (Å²) in [4.78, 5) is 17.0. The van der Waals surface area contributed by atoms with Gasteiger partial charge in [0.05, 0.1) is 6.54 Å². The lowest BCUT2D eigenvalue weighted by atomic mass is 9.86. The van der Waals surface area contributed by atoms with Gasteiger partial charge >= 0.3 is 0 Å². The van der Waals surface area contributed by atoms with E-state index in [-0.39, 0.29) is 5.78 Å².